The fourth-order valence-corrected chi connectivity index (χ4v) is 1.08. The van der Waals surface area contributed by atoms with Gasteiger partial charge in [-0.3, -0.25) is 14.3 Å². The molecule has 0 fully saturated rings. The van der Waals surface area contributed by atoms with Crippen molar-refractivity contribution < 1.29 is 19.1 Å². The summed E-state index contributed by atoms with van der Waals surface area (Å²) >= 11 is 0. The number of Topliss-reactive ketones (excluding diaryl/α,β-unsaturated/α-hetero) is 1. The highest BCUT2D eigenvalue weighted by Gasteiger charge is 2.20. The summed E-state index contributed by atoms with van der Waals surface area (Å²) < 4.78 is 5.77. The lowest BCUT2D eigenvalue weighted by Crippen LogP contribution is -2.21. The zero-order valence-corrected chi connectivity index (χ0v) is 9.10. The van der Waals surface area contributed by atoms with E-state index in [0.29, 0.717) is 0 Å². The van der Waals surface area contributed by atoms with Crippen molar-refractivity contribution in [2.75, 3.05) is 12.4 Å². The van der Waals surface area contributed by atoms with E-state index < -0.39 is 17.7 Å². The van der Waals surface area contributed by atoms with Gasteiger partial charge in [0, 0.05) is 14.0 Å². The average molecular weight is 225 g/mol. The highest BCUT2D eigenvalue weighted by atomic mass is 16.5. The van der Waals surface area contributed by atoms with Crippen molar-refractivity contribution in [1.82, 2.24) is 9.78 Å². The molecule has 16 heavy (non-hydrogen) atoms. The zero-order valence-electron chi connectivity index (χ0n) is 9.10. The fraction of sp³-hybridized carbons (Fsp3) is 0.333. The number of ether oxygens (including phenoxy) is 1. The van der Waals surface area contributed by atoms with Crippen LogP contribution in [0.4, 0.5) is 5.69 Å². The fourth-order valence-electron chi connectivity index (χ4n) is 1.08. The number of rotatable bonds is 3. The van der Waals surface area contributed by atoms with Crippen molar-refractivity contribution in [2.45, 2.75) is 6.92 Å². The maximum atomic E-state index is 11.3. The van der Waals surface area contributed by atoms with Gasteiger partial charge in [-0.2, -0.15) is 5.10 Å². The summed E-state index contributed by atoms with van der Waals surface area (Å²) in [5, 5.41) is 6.06. The second-order valence-electron chi connectivity index (χ2n) is 3.03. The van der Waals surface area contributed by atoms with E-state index in [9.17, 15) is 14.4 Å². The topological polar surface area (TPSA) is 90.3 Å². The molecular weight excluding hydrogens is 214 g/mol. The van der Waals surface area contributed by atoms with Crippen molar-refractivity contribution >= 4 is 23.3 Å². The quantitative estimate of drug-likeness (QED) is 0.565. The molecule has 86 valence electrons. The Balaban J connectivity index is 3.02. The molecule has 0 spiro atoms. The van der Waals surface area contributed by atoms with E-state index in [2.05, 4.69) is 15.2 Å². The van der Waals surface area contributed by atoms with Crippen LogP contribution in [0.5, 0.6) is 0 Å². The van der Waals surface area contributed by atoms with Crippen LogP contribution in [-0.2, 0) is 21.4 Å². The number of methoxy groups -OCH3 is 1. The molecule has 1 amide bonds. The number of aryl methyl sites for hydroxylation is 1. The van der Waals surface area contributed by atoms with Gasteiger partial charge in [0.25, 0.3) is 5.91 Å². The normalized spacial score (nSPS) is 9.69. The molecular formula is C9H11N3O4. The maximum absolute atomic E-state index is 11.3. The standard InChI is InChI=1S/C9H11N3O4/c1-5(13)8(14)11-6-4-10-12(2)7(6)9(15)16-3/h4H,1-3H3,(H,11,14). The first kappa shape index (κ1) is 11.9. The predicted octanol–water partition coefficient (Wildman–Crippen LogP) is -0.266. The van der Waals surface area contributed by atoms with Crippen LogP contribution in [0.2, 0.25) is 0 Å². The maximum Gasteiger partial charge on any atom is 0.358 e. The molecule has 1 aromatic rings. The van der Waals surface area contributed by atoms with Crippen LogP contribution in [0, 0.1) is 0 Å². The van der Waals surface area contributed by atoms with Crippen LogP contribution in [-0.4, -0.2) is 34.6 Å². The molecule has 0 unspecified atom stereocenters. The lowest BCUT2D eigenvalue weighted by molar-refractivity contribution is -0.133. The third-order valence-corrected chi connectivity index (χ3v) is 1.89. The highest BCUT2D eigenvalue weighted by molar-refractivity contribution is 6.40. The van der Waals surface area contributed by atoms with Gasteiger partial charge in [0.2, 0.25) is 5.78 Å². The SMILES string of the molecule is COC(=O)c1c(NC(=O)C(C)=O)cnn1C. The number of ketones is 1. The summed E-state index contributed by atoms with van der Waals surface area (Å²) in [6.45, 7) is 1.13. The first-order valence-corrected chi connectivity index (χ1v) is 4.39. The van der Waals surface area contributed by atoms with E-state index in [1.807, 2.05) is 0 Å². The smallest absolute Gasteiger partial charge is 0.358 e. The van der Waals surface area contributed by atoms with Crippen LogP contribution in [0.15, 0.2) is 6.20 Å². The molecule has 0 aliphatic heterocycles. The van der Waals surface area contributed by atoms with E-state index in [4.69, 9.17) is 0 Å². The Morgan fingerprint density at radius 1 is 1.44 bits per heavy atom. The summed E-state index contributed by atoms with van der Waals surface area (Å²) in [6.07, 6.45) is 1.27. The summed E-state index contributed by atoms with van der Waals surface area (Å²) in [4.78, 5) is 33.2. The van der Waals surface area contributed by atoms with Crippen LogP contribution in [0.3, 0.4) is 0 Å². The van der Waals surface area contributed by atoms with Gasteiger partial charge < -0.3 is 10.1 Å². The minimum atomic E-state index is -0.807. The largest absolute Gasteiger partial charge is 0.464 e. The third kappa shape index (κ3) is 2.25. The number of amides is 1. The number of anilines is 1. The number of esters is 1. The number of nitrogens with one attached hydrogen (secondary N) is 1. The average Bonchev–Trinajstić information content (AvgIpc) is 2.58. The Hall–Kier alpha value is -2.18. The summed E-state index contributed by atoms with van der Waals surface area (Å²) in [5.41, 5.74) is 0.228. The molecule has 0 aromatic carbocycles. The summed E-state index contributed by atoms with van der Waals surface area (Å²) in [5.74, 6) is -2.10. The van der Waals surface area contributed by atoms with Crippen molar-refractivity contribution in [3.8, 4) is 0 Å². The monoisotopic (exact) mass is 225 g/mol. The molecule has 7 heteroatoms. The number of hydrogen-bond donors (Lipinski definition) is 1. The van der Waals surface area contributed by atoms with Crippen molar-refractivity contribution in [1.29, 1.82) is 0 Å². The second-order valence-corrected chi connectivity index (χ2v) is 3.03. The van der Waals surface area contributed by atoms with Crippen LogP contribution in [0.25, 0.3) is 0 Å². The molecule has 0 aliphatic carbocycles. The number of carbonyl (C=O) groups is 3. The van der Waals surface area contributed by atoms with E-state index in [-0.39, 0.29) is 11.4 Å². The van der Waals surface area contributed by atoms with Gasteiger partial charge in [-0.15, -0.1) is 0 Å². The molecule has 0 bridgehead atoms. The number of hydrogen-bond acceptors (Lipinski definition) is 5. The number of carbonyl (C=O) groups excluding carboxylic acids is 3. The molecule has 7 nitrogen and oxygen atoms in total. The van der Waals surface area contributed by atoms with Crippen LogP contribution < -0.4 is 5.32 Å². The first-order chi connectivity index (χ1) is 7.47. The predicted molar refractivity (Wildman–Crippen MR) is 53.9 cm³/mol. The molecule has 1 rings (SSSR count). The second kappa shape index (κ2) is 4.56. The van der Waals surface area contributed by atoms with Gasteiger partial charge in [0.15, 0.2) is 5.69 Å². The summed E-state index contributed by atoms with van der Waals surface area (Å²) in [7, 11) is 2.74. The van der Waals surface area contributed by atoms with Gasteiger partial charge in [-0.05, 0) is 0 Å². The Bertz CT molecular complexity index is 450. The Morgan fingerprint density at radius 2 is 2.06 bits per heavy atom. The van der Waals surface area contributed by atoms with Gasteiger partial charge in [-0.1, -0.05) is 0 Å². The lowest BCUT2D eigenvalue weighted by atomic mass is 10.3. The van der Waals surface area contributed by atoms with E-state index in [1.165, 1.54) is 25.0 Å². The number of nitrogens with zero attached hydrogens (tertiary/aromatic N) is 2. The Morgan fingerprint density at radius 3 is 2.56 bits per heavy atom. The van der Waals surface area contributed by atoms with Crippen LogP contribution in [0.1, 0.15) is 17.4 Å². The van der Waals surface area contributed by atoms with E-state index >= 15 is 0 Å². The first-order valence-electron chi connectivity index (χ1n) is 4.39. The molecule has 1 N–H and O–H groups in total. The molecule has 0 radical (unpaired) electrons. The number of aromatic nitrogens is 2. The minimum absolute atomic E-state index is 0.0806. The minimum Gasteiger partial charge on any atom is -0.464 e. The lowest BCUT2D eigenvalue weighted by Gasteiger charge is -2.04. The van der Waals surface area contributed by atoms with Crippen molar-refractivity contribution in [3.63, 3.8) is 0 Å². The highest BCUT2D eigenvalue weighted by Crippen LogP contribution is 2.14. The van der Waals surface area contributed by atoms with Gasteiger partial charge >= 0.3 is 5.97 Å². The van der Waals surface area contributed by atoms with Crippen molar-refractivity contribution in [2.24, 2.45) is 7.05 Å². The van der Waals surface area contributed by atoms with E-state index in [1.54, 1.807) is 0 Å². The van der Waals surface area contributed by atoms with Gasteiger partial charge in [0.05, 0.1) is 19.0 Å². The zero-order chi connectivity index (χ0) is 12.3. The van der Waals surface area contributed by atoms with Crippen molar-refractivity contribution in [3.05, 3.63) is 11.9 Å². The molecule has 0 saturated heterocycles. The molecule has 0 aliphatic rings. The van der Waals surface area contributed by atoms with Gasteiger partial charge in [-0.25, -0.2) is 4.79 Å². The van der Waals surface area contributed by atoms with Crippen LogP contribution >= 0.6 is 0 Å². The molecule has 0 atom stereocenters. The van der Waals surface area contributed by atoms with Gasteiger partial charge in [0.1, 0.15) is 0 Å². The third-order valence-electron chi connectivity index (χ3n) is 1.89. The molecule has 1 heterocycles. The molecule has 0 saturated carbocycles. The Kier molecular flexibility index (Phi) is 3.39. The summed E-state index contributed by atoms with van der Waals surface area (Å²) in [6, 6.07) is 0. The Labute approximate surface area is 91.4 Å². The molecule has 1 aromatic heterocycles. The van der Waals surface area contributed by atoms with E-state index in [0.717, 1.165) is 6.92 Å².